The summed E-state index contributed by atoms with van der Waals surface area (Å²) in [4.78, 5) is 2.23. The number of nitrogens with zero attached hydrogens (tertiary/aromatic N) is 1. The van der Waals surface area contributed by atoms with Crippen molar-refractivity contribution in [1.29, 1.82) is 0 Å². The van der Waals surface area contributed by atoms with Gasteiger partial charge in [0.2, 0.25) is 0 Å². The van der Waals surface area contributed by atoms with Crippen molar-refractivity contribution >= 4 is 34.6 Å². The Morgan fingerprint density at radius 3 is 2.53 bits per heavy atom. The van der Waals surface area contributed by atoms with Gasteiger partial charge in [-0.3, -0.25) is 0 Å². The van der Waals surface area contributed by atoms with E-state index in [1.165, 1.54) is 6.07 Å². The van der Waals surface area contributed by atoms with Crippen molar-refractivity contribution < 1.29 is 18.6 Å². The molecule has 0 atom stereocenters. The van der Waals surface area contributed by atoms with E-state index in [-0.39, 0.29) is 12.4 Å². The molecule has 0 spiro atoms. The van der Waals surface area contributed by atoms with Crippen molar-refractivity contribution in [1.82, 2.24) is 0 Å². The predicted molar refractivity (Wildman–Crippen MR) is 135 cm³/mol. The summed E-state index contributed by atoms with van der Waals surface area (Å²) in [5.74, 6) is 0.591. The van der Waals surface area contributed by atoms with Crippen molar-refractivity contribution in [2.45, 2.75) is 20.1 Å². The fourth-order valence-corrected chi connectivity index (χ4v) is 4.36. The first-order valence-corrected chi connectivity index (χ1v) is 12.0. The fraction of sp³-hybridized carbons (Fsp3) is 0.308. The van der Waals surface area contributed by atoms with Crippen LogP contribution >= 0.6 is 23.2 Å². The largest absolute Gasteiger partial charge is 0.490 e. The number of nitrogens with one attached hydrogen (secondary N) is 1. The van der Waals surface area contributed by atoms with Crippen molar-refractivity contribution in [3.63, 3.8) is 0 Å². The second kappa shape index (κ2) is 11.6. The number of hydrogen-bond donors (Lipinski definition) is 1. The number of morpholine rings is 1. The van der Waals surface area contributed by atoms with E-state index in [9.17, 15) is 4.39 Å². The Balaban J connectivity index is 1.45. The Bertz CT molecular complexity index is 1120. The summed E-state index contributed by atoms with van der Waals surface area (Å²) >= 11 is 13.1. The van der Waals surface area contributed by atoms with Crippen LogP contribution in [-0.2, 0) is 17.9 Å². The van der Waals surface area contributed by atoms with Gasteiger partial charge in [-0.1, -0.05) is 41.4 Å². The van der Waals surface area contributed by atoms with Gasteiger partial charge in [0, 0.05) is 30.9 Å². The Kier molecular flexibility index (Phi) is 8.38. The molecule has 0 radical (unpaired) electrons. The normalized spacial score (nSPS) is 13.6. The summed E-state index contributed by atoms with van der Waals surface area (Å²) in [5, 5.41) is 4.48. The first-order chi connectivity index (χ1) is 16.5. The summed E-state index contributed by atoms with van der Waals surface area (Å²) in [6, 6.07) is 16.1. The van der Waals surface area contributed by atoms with E-state index in [0.29, 0.717) is 53.5 Å². The minimum Gasteiger partial charge on any atom is -0.490 e. The molecule has 1 N–H and O–H groups in total. The average Bonchev–Trinajstić information content (AvgIpc) is 2.84. The number of ether oxygens (including phenoxy) is 3. The number of benzene rings is 3. The lowest BCUT2D eigenvalue weighted by Crippen LogP contribution is -2.36. The number of rotatable bonds is 9. The minimum absolute atomic E-state index is 0.0536. The van der Waals surface area contributed by atoms with E-state index < -0.39 is 0 Å². The van der Waals surface area contributed by atoms with Gasteiger partial charge in [-0.15, -0.1) is 0 Å². The second-order valence-electron chi connectivity index (χ2n) is 7.84. The van der Waals surface area contributed by atoms with Crippen molar-refractivity contribution in [3.05, 3.63) is 81.6 Å². The third-order valence-corrected chi connectivity index (χ3v) is 6.08. The molecule has 180 valence electrons. The van der Waals surface area contributed by atoms with Crippen LogP contribution in [0.25, 0.3) is 0 Å². The Hall–Kier alpha value is -2.67. The zero-order valence-corrected chi connectivity index (χ0v) is 20.5. The Labute approximate surface area is 209 Å². The summed E-state index contributed by atoms with van der Waals surface area (Å²) in [6.07, 6.45) is 0. The van der Waals surface area contributed by atoms with E-state index in [0.717, 1.165) is 30.0 Å². The molecule has 5 nitrogen and oxygen atoms in total. The lowest BCUT2D eigenvalue weighted by atomic mass is 10.1. The molecular formula is C26H27Cl2FN2O3. The maximum absolute atomic E-state index is 14.0. The third kappa shape index (κ3) is 6.06. The van der Waals surface area contributed by atoms with Gasteiger partial charge >= 0.3 is 0 Å². The van der Waals surface area contributed by atoms with Gasteiger partial charge < -0.3 is 24.4 Å². The molecule has 3 aromatic rings. The molecular weight excluding hydrogens is 478 g/mol. The van der Waals surface area contributed by atoms with E-state index in [1.54, 1.807) is 18.2 Å². The fourth-order valence-electron chi connectivity index (χ4n) is 3.77. The van der Waals surface area contributed by atoms with Crippen LogP contribution in [0.3, 0.4) is 0 Å². The van der Waals surface area contributed by atoms with Gasteiger partial charge in [0.25, 0.3) is 0 Å². The van der Waals surface area contributed by atoms with Crippen LogP contribution in [0.1, 0.15) is 18.1 Å². The molecule has 0 aliphatic carbocycles. The van der Waals surface area contributed by atoms with Gasteiger partial charge in [-0.2, -0.15) is 0 Å². The Morgan fingerprint density at radius 1 is 1.00 bits per heavy atom. The molecule has 0 aromatic heterocycles. The molecule has 1 saturated heterocycles. The molecule has 8 heteroatoms. The topological polar surface area (TPSA) is 43.0 Å². The maximum Gasteiger partial charge on any atom is 0.180 e. The monoisotopic (exact) mass is 504 g/mol. The van der Waals surface area contributed by atoms with Gasteiger partial charge in [0.05, 0.1) is 35.6 Å². The molecule has 1 aliphatic heterocycles. The highest BCUT2D eigenvalue weighted by atomic mass is 35.5. The number of anilines is 2. The number of halogens is 3. The third-order valence-electron chi connectivity index (χ3n) is 5.50. The number of hydrogen-bond acceptors (Lipinski definition) is 5. The van der Waals surface area contributed by atoms with Crippen LogP contribution in [0.15, 0.2) is 54.6 Å². The van der Waals surface area contributed by atoms with Gasteiger partial charge in [0.15, 0.2) is 11.5 Å². The molecule has 0 unspecified atom stereocenters. The standard InChI is InChI=1S/C26H27Cl2FN2O3/c1-2-33-25-14-18(13-22(28)26(25)34-17-19-5-3-4-6-23(19)29)16-30-20-7-8-24(21(27)15-20)31-9-11-32-12-10-31/h3-8,13-15,30H,2,9-12,16-17H2,1H3. The SMILES string of the molecule is CCOc1cc(CNc2ccc(N3CCOCC3)c(Cl)c2)cc(Cl)c1OCc1ccccc1F. The van der Waals surface area contributed by atoms with E-state index in [4.69, 9.17) is 37.4 Å². The lowest BCUT2D eigenvalue weighted by Gasteiger charge is -2.29. The summed E-state index contributed by atoms with van der Waals surface area (Å²) in [5.41, 5.74) is 3.27. The van der Waals surface area contributed by atoms with Crippen molar-refractivity contribution in [3.8, 4) is 11.5 Å². The van der Waals surface area contributed by atoms with Gasteiger partial charge in [0.1, 0.15) is 12.4 Å². The molecule has 0 amide bonds. The van der Waals surface area contributed by atoms with Crippen LogP contribution in [0.2, 0.25) is 10.0 Å². The summed E-state index contributed by atoms with van der Waals surface area (Å²) < 4.78 is 31.0. The Morgan fingerprint density at radius 2 is 1.79 bits per heavy atom. The van der Waals surface area contributed by atoms with E-state index in [2.05, 4.69) is 10.2 Å². The van der Waals surface area contributed by atoms with Crippen molar-refractivity contribution in [2.75, 3.05) is 43.1 Å². The first-order valence-electron chi connectivity index (χ1n) is 11.2. The quantitative estimate of drug-likeness (QED) is 0.357. The lowest BCUT2D eigenvalue weighted by molar-refractivity contribution is 0.122. The van der Waals surface area contributed by atoms with Crippen LogP contribution in [-0.4, -0.2) is 32.9 Å². The molecule has 0 saturated carbocycles. The highest BCUT2D eigenvalue weighted by Gasteiger charge is 2.16. The summed E-state index contributed by atoms with van der Waals surface area (Å²) in [6.45, 7) is 5.98. The highest BCUT2D eigenvalue weighted by Crippen LogP contribution is 2.38. The molecule has 1 heterocycles. The first kappa shape index (κ1) is 24.5. The molecule has 4 rings (SSSR count). The molecule has 3 aromatic carbocycles. The molecule has 34 heavy (non-hydrogen) atoms. The van der Waals surface area contributed by atoms with Gasteiger partial charge in [-0.05, 0) is 48.9 Å². The zero-order chi connectivity index (χ0) is 23.9. The smallest absolute Gasteiger partial charge is 0.180 e. The predicted octanol–water partition coefficient (Wildman–Crippen LogP) is 6.56. The van der Waals surface area contributed by atoms with Crippen LogP contribution in [0.4, 0.5) is 15.8 Å². The molecule has 1 aliphatic rings. The highest BCUT2D eigenvalue weighted by molar-refractivity contribution is 6.33. The zero-order valence-electron chi connectivity index (χ0n) is 19.0. The molecule has 1 fully saturated rings. The van der Waals surface area contributed by atoms with Crippen molar-refractivity contribution in [2.24, 2.45) is 0 Å². The van der Waals surface area contributed by atoms with Gasteiger partial charge in [-0.25, -0.2) is 4.39 Å². The van der Waals surface area contributed by atoms with E-state index in [1.807, 2.05) is 37.3 Å². The van der Waals surface area contributed by atoms with Crippen LogP contribution in [0, 0.1) is 5.82 Å². The van der Waals surface area contributed by atoms with Crippen LogP contribution in [0.5, 0.6) is 11.5 Å². The van der Waals surface area contributed by atoms with E-state index >= 15 is 0 Å². The maximum atomic E-state index is 14.0. The molecule has 0 bridgehead atoms. The second-order valence-corrected chi connectivity index (χ2v) is 8.65. The van der Waals surface area contributed by atoms with Crippen LogP contribution < -0.4 is 19.7 Å². The summed E-state index contributed by atoms with van der Waals surface area (Å²) in [7, 11) is 0. The minimum atomic E-state index is -0.323. The average molecular weight is 505 g/mol.